The topological polar surface area (TPSA) is 93.9 Å². The summed E-state index contributed by atoms with van der Waals surface area (Å²) in [6, 6.07) is 8.99. The third-order valence-electron chi connectivity index (χ3n) is 3.79. The van der Waals surface area contributed by atoms with E-state index >= 15 is 0 Å². The molecule has 2 aromatic heterocycles. The maximum Gasteiger partial charge on any atom is 0.230 e. The van der Waals surface area contributed by atoms with E-state index in [1.54, 1.807) is 43.6 Å². The number of aliphatic hydroxyl groups excluding tert-OH is 1. The zero-order chi connectivity index (χ0) is 18.0. The number of nitrogens with two attached hydrogens (primary N) is 1. The summed E-state index contributed by atoms with van der Waals surface area (Å²) >= 11 is 5.14. The van der Waals surface area contributed by atoms with Crippen molar-refractivity contribution in [3.8, 4) is 5.75 Å². The van der Waals surface area contributed by atoms with Gasteiger partial charge in [-0.05, 0) is 37.3 Å². The summed E-state index contributed by atoms with van der Waals surface area (Å²) in [7, 11) is 1.60. The van der Waals surface area contributed by atoms with Gasteiger partial charge in [-0.15, -0.1) is 0 Å². The number of benzene rings is 1. The molecule has 0 saturated carbocycles. The third-order valence-corrected chi connectivity index (χ3v) is 4.01. The molecule has 0 unspecified atom stereocenters. The highest BCUT2D eigenvalue weighted by Crippen LogP contribution is 2.22. The Morgan fingerprint density at radius 2 is 2.08 bits per heavy atom. The number of nitrogens with zero attached hydrogens (tertiary/aromatic N) is 2. The van der Waals surface area contributed by atoms with Crippen molar-refractivity contribution >= 4 is 33.9 Å². The summed E-state index contributed by atoms with van der Waals surface area (Å²) in [5, 5.41) is 10.2. The fourth-order valence-electron chi connectivity index (χ4n) is 2.45. The van der Waals surface area contributed by atoms with Crippen LogP contribution in [0.5, 0.6) is 5.75 Å². The van der Waals surface area contributed by atoms with Crippen LogP contribution in [0.1, 0.15) is 16.8 Å². The summed E-state index contributed by atoms with van der Waals surface area (Å²) in [5.74, 6) is 0.733. The van der Waals surface area contributed by atoms with Gasteiger partial charge in [0.2, 0.25) is 5.55 Å². The number of aliphatic hydroxyl groups is 1. The van der Waals surface area contributed by atoms with E-state index < -0.39 is 0 Å². The molecular weight excluding hydrogens is 338 g/mol. The Morgan fingerprint density at radius 3 is 2.68 bits per heavy atom. The Bertz CT molecular complexity index is 1010. The summed E-state index contributed by atoms with van der Waals surface area (Å²) in [4.78, 5) is 8.92. The number of aromatic nitrogens is 1. The van der Waals surface area contributed by atoms with E-state index in [0.717, 1.165) is 5.75 Å². The van der Waals surface area contributed by atoms with Gasteiger partial charge < -0.3 is 20.0 Å². The van der Waals surface area contributed by atoms with Crippen LogP contribution in [0.15, 0.2) is 45.9 Å². The van der Waals surface area contributed by atoms with Crippen LogP contribution >= 0.6 is 12.2 Å². The lowest BCUT2D eigenvalue weighted by Crippen LogP contribution is -2.21. The molecule has 3 N–H and O–H groups in total. The number of thiocarbonyl (C=S) groups is 1. The Labute approximate surface area is 149 Å². The number of rotatable bonds is 4. The van der Waals surface area contributed by atoms with E-state index in [4.69, 9.17) is 27.1 Å². The lowest BCUT2D eigenvalue weighted by atomic mass is 10.1. The maximum absolute atomic E-state index is 9.53. The predicted octanol–water partition coefficient (Wildman–Crippen LogP) is 2.50. The molecule has 0 aliphatic carbocycles. The quantitative estimate of drug-likeness (QED) is 0.699. The highest BCUT2D eigenvalue weighted by atomic mass is 32.1. The lowest BCUT2D eigenvalue weighted by molar-refractivity contribution is 0.282. The van der Waals surface area contributed by atoms with Crippen LogP contribution in [-0.4, -0.2) is 22.2 Å². The molecule has 6 nitrogen and oxygen atoms in total. The van der Waals surface area contributed by atoms with Crippen LogP contribution in [0.3, 0.4) is 0 Å². The molecule has 0 atom stereocenters. The van der Waals surface area contributed by atoms with Crippen LogP contribution in [0, 0.1) is 6.92 Å². The van der Waals surface area contributed by atoms with Crippen molar-refractivity contribution in [1.29, 1.82) is 0 Å². The molecule has 0 amide bonds. The van der Waals surface area contributed by atoms with Gasteiger partial charge in [-0.1, -0.05) is 12.2 Å². The van der Waals surface area contributed by atoms with Crippen LogP contribution in [-0.2, 0) is 6.61 Å². The van der Waals surface area contributed by atoms with E-state index in [-0.39, 0.29) is 11.6 Å². The van der Waals surface area contributed by atoms with Crippen LogP contribution in [0.2, 0.25) is 0 Å². The molecule has 0 bridgehead atoms. The molecule has 128 valence electrons. The molecule has 0 fully saturated rings. The van der Waals surface area contributed by atoms with Gasteiger partial charge in [0.15, 0.2) is 5.58 Å². The molecule has 0 aliphatic rings. The molecule has 3 aromatic rings. The Morgan fingerprint density at radius 1 is 1.36 bits per heavy atom. The molecule has 25 heavy (non-hydrogen) atoms. The van der Waals surface area contributed by atoms with E-state index in [1.807, 2.05) is 6.92 Å². The molecule has 0 aliphatic heterocycles. The molecule has 0 spiro atoms. The van der Waals surface area contributed by atoms with Crippen molar-refractivity contribution < 1.29 is 14.3 Å². The summed E-state index contributed by atoms with van der Waals surface area (Å²) in [6.45, 7) is 1.66. The van der Waals surface area contributed by atoms with Gasteiger partial charge in [0.25, 0.3) is 0 Å². The van der Waals surface area contributed by atoms with Gasteiger partial charge in [-0.25, -0.2) is 4.99 Å². The molecule has 3 rings (SSSR count). The first kappa shape index (κ1) is 17.1. The number of aryl methyl sites for hydroxylation is 1. The number of hydrogen-bond acceptors (Lipinski definition) is 6. The zero-order valence-corrected chi connectivity index (χ0v) is 14.6. The maximum atomic E-state index is 9.53. The van der Waals surface area contributed by atoms with Crippen molar-refractivity contribution in [2.24, 2.45) is 10.7 Å². The lowest BCUT2D eigenvalue weighted by Gasteiger charge is -2.08. The Kier molecular flexibility index (Phi) is 4.78. The molecule has 1 aromatic carbocycles. The summed E-state index contributed by atoms with van der Waals surface area (Å²) in [6.07, 6.45) is 1.61. The second kappa shape index (κ2) is 7.00. The van der Waals surface area contributed by atoms with E-state index in [0.29, 0.717) is 39.0 Å². The minimum atomic E-state index is -0.162. The first-order valence-corrected chi connectivity index (χ1v) is 7.96. The van der Waals surface area contributed by atoms with Crippen molar-refractivity contribution in [3.05, 3.63) is 58.9 Å². The fraction of sp³-hybridized carbons (Fsp3) is 0.167. The van der Waals surface area contributed by atoms with Gasteiger partial charge in [-0.2, -0.15) is 0 Å². The van der Waals surface area contributed by atoms with Gasteiger partial charge in [-0.3, -0.25) is 4.98 Å². The van der Waals surface area contributed by atoms with E-state index in [2.05, 4.69) is 9.98 Å². The minimum absolute atomic E-state index is 0.162. The highest BCUT2D eigenvalue weighted by molar-refractivity contribution is 7.80. The average molecular weight is 355 g/mol. The van der Waals surface area contributed by atoms with E-state index in [1.165, 1.54) is 0 Å². The summed E-state index contributed by atoms with van der Waals surface area (Å²) in [5.41, 5.74) is 9.18. The second-order valence-electron chi connectivity index (χ2n) is 5.41. The zero-order valence-electron chi connectivity index (χ0n) is 13.8. The average Bonchev–Trinajstić information content (AvgIpc) is 2.62. The van der Waals surface area contributed by atoms with Crippen LogP contribution < -0.4 is 16.0 Å². The van der Waals surface area contributed by atoms with E-state index in [9.17, 15) is 5.11 Å². The Hall–Kier alpha value is -2.77. The first-order chi connectivity index (χ1) is 12.0. The second-order valence-corrected chi connectivity index (χ2v) is 5.85. The largest absolute Gasteiger partial charge is 0.497 e. The number of hydrogen-bond donors (Lipinski definition) is 2. The van der Waals surface area contributed by atoms with Gasteiger partial charge in [0, 0.05) is 17.1 Å². The number of fused-ring (bicyclic) bond motifs is 1. The van der Waals surface area contributed by atoms with Crippen molar-refractivity contribution in [3.63, 3.8) is 0 Å². The van der Waals surface area contributed by atoms with Crippen molar-refractivity contribution in [1.82, 2.24) is 4.98 Å². The van der Waals surface area contributed by atoms with Crippen molar-refractivity contribution in [2.75, 3.05) is 7.11 Å². The SMILES string of the molecule is COc1ccc(N=c2oc3c(C)ncc(CO)c3cc2C(N)=S)cc1. The molecular formula is C18H17N3O3S. The van der Waals surface area contributed by atoms with Gasteiger partial charge in [0.1, 0.15) is 10.7 Å². The predicted molar refractivity (Wildman–Crippen MR) is 98.8 cm³/mol. The molecule has 7 heteroatoms. The number of ether oxygens (including phenoxy) is 1. The highest BCUT2D eigenvalue weighted by Gasteiger charge is 2.12. The fourth-order valence-corrected chi connectivity index (χ4v) is 2.59. The smallest absolute Gasteiger partial charge is 0.230 e. The molecule has 0 radical (unpaired) electrons. The summed E-state index contributed by atoms with van der Waals surface area (Å²) < 4.78 is 11.1. The number of pyridine rings is 1. The normalized spacial score (nSPS) is 11.7. The van der Waals surface area contributed by atoms with Crippen LogP contribution in [0.4, 0.5) is 5.69 Å². The van der Waals surface area contributed by atoms with Gasteiger partial charge in [0.05, 0.1) is 30.7 Å². The monoisotopic (exact) mass is 355 g/mol. The van der Waals surface area contributed by atoms with Crippen molar-refractivity contribution in [2.45, 2.75) is 13.5 Å². The molecule has 0 saturated heterocycles. The third kappa shape index (κ3) is 3.38. The standard InChI is InChI=1S/C18H17N3O3S/c1-10-16-14(11(9-22)8-20-10)7-15(17(19)25)18(24-16)21-12-3-5-13(23-2)6-4-12/h3-8,22H,9H2,1-2H3,(H2,19,25). The molecule has 2 heterocycles. The first-order valence-electron chi connectivity index (χ1n) is 7.55. The number of methoxy groups -OCH3 is 1. The van der Waals surface area contributed by atoms with Gasteiger partial charge >= 0.3 is 0 Å². The minimum Gasteiger partial charge on any atom is -0.497 e. The van der Waals surface area contributed by atoms with Crippen LogP contribution in [0.25, 0.3) is 11.0 Å². The Balaban J connectivity index is 2.28.